The summed E-state index contributed by atoms with van der Waals surface area (Å²) in [5.74, 6) is 0. The number of nitrogens with one attached hydrogen (secondary N) is 2. The monoisotopic (exact) mass is 184 g/mol. The molecule has 0 radical (unpaired) electrons. The highest BCUT2D eigenvalue weighted by Gasteiger charge is 2.24. The molecule has 2 nitrogen and oxygen atoms in total. The molecule has 1 fully saturated rings. The van der Waals surface area contributed by atoms with E-state index < -0.39 is 0 Å². The molecular formula is C11H24N2. The van der Waals surface area contributed by atoms with Crippen LogP contribution in [0.25, 0.3) is 0 Å². The number of hydrogen-bond donors (Lipinski definition) is 2. The summed E-state index contributed by atoms with van der Waals surface area (Å²) in [5.41, 5.74) is 0.351. The van der Waals surface area contributed by atoms with Crippen molar-refractivity contribution >= 4 is 0 Å². The van der Waals surface area contributed by atoms with Crippen molar-refractivity contribution in [2.24, 2.45) is 0 Å². The van der Waals surface area contributed by atoms with Gasteiger partial charge in [0, 0.05) is 18.1 Å². The summed E-state index contributed by atoms with van der Waals surface area (Å²) in [6.45, 7) is 9.23. The maximum atomic E-state index is 3.77. The van der Waals surface area contributed by atoms with Crippen LogP contribution in [-0.2, 0) is 0 Å². The fraction of sp³-hybridized carbons (Fsp3) is 1.00. The fourth-order valence-electron chi connectivity index (χ4n) is 1.92. The minimum atomic E-state index is 0.351. The van der Waals surface area contributed by atoms with Crippen LogP contribution in [0.2, 0.25) is 0 Å². The summed E-state index contributed by atoms with van der Waals surface area (Å²) in [6, 6.07) is 0.693. The summed E-state index contributed by atoms with van der Waals surface area (Å²) >= 11 is 0. The van der Waals surface area contributed by atoms with Crippen LogP contribution in [0.15, 0.2) is 0 Å². The van der Waals surface area contributed by atoms with Gasteiger partial charge in [-0.15, -0.1) is 0 Å². The second-order valence-corrected chi connectivity index (χ2v) is 4.46. The normalized spacial score (nSPS) is 24.7. The van der Waals surface area contributed by atoms with E-state index in [1.807, 2.05) is 0 Å². The third kappa shape index (κ3) is 3.28. The van der Waals surface area contributed by atoms with Crippen LogP contribution < -0.4 is 10.6 Å². The van der Waals surface area contributed by atoms with E-state index >= 15 is 0 Å². The Kier molecular flexibility index (Phi) is 4.20. The van der Waals surface area contributed by atoms with E-state index in [0.717, 1.165) is 6.54 Å². The lowest BCUT2D eigenvalue weighted by Crippen LogP contribution is -2.52. The third-order valence-electron chi connectivity index (χ3n) is 3.41. The zero-order chi connectivity index (χ0) is 9.73. The summed E-state index contributed by atoms with van der Waals surface area (Å²) in [4.78, 5) is 0. The highest BCUT2D eigenvalue weighted by molar-refractivity contribution is 4.86. The first kappa shape index (κ1) is 11.0. The maximum Gasteiger partial charge on any atom is 0.0198 e. The van der Waals surface area contributed by atoms with Crippen molar-refractivity contribution < 1.29 is 0 Å². The molecule has 2 heteroatoms. The van der Waals surface area contributed by atoms with E-state index in [2.05, 4.69) is 31.4 Å². The molecule has 0 bridgehead atoms. The fourth-order valence-corrected chi connectivity index (χ4v) is 1.92. The SMILES string of the molecule is CCC(C)(CC)N[C@H]1CCCNC1. The van der Waals surface area contributed by atoms with Gasteiger partial charge in [0.05, 0.1) is 0 Å². The van der Waals surface area contributed by atoms with E-state index in [1.54, 1.807) is 0 Å². The van der Waals surface area contributed by atoms with Crippen LogP contribution in [0.5, 0.6) is 0 Å². The second kappa shape index (κ2) is 4.97. The molecule has 1 atom stereocenters. The molecular weight excluding hydrogens is 160 g/mol. The van der Waals surface area contributed by atoms with E-state index in [9.17, 15) is 0 Å². The Morgan fingerprint density at radius 1 is 1.38 bits per heavy atom. The molecule has 0 saturated carbocycles. The van der Waals surface area contributed by atoms with Crippen LogP contribution in [0.4, 0.5) is 0 Å². The van der Waals surface area contributed by atoms with Gasteiger partial charge in [0.2, 0.25) is 0 Å². The molecule has 0 aliphatic carbocycles. The Bertz CT molecular complexity index is 135. The molecule has 0 unspecified atom stereocenters. The molecule has 0 spiro atoms. The predicted molar refractivity (Wildman–Crippen MR) is 58.0 cm³/mol. The quantitative estimate of drug-likeness (QED) is 0.697. The van der Waals surface area contributed by atoms with Crippen LogP contribution in [0.3, 0.4) is 0 Å². The van der Waals surface area contributed by atoms with Crippen molar-refractivity contribution in [1.82, 2.24) is 10.6 Å². The molecule has 0 aromatic heterocycles. The van der Waals surface area contributed by atoms with Crippen LogP contribution in [-0.4, -0.2) is 24.7 Å². The first-order chi connectivity index (χ1) is 6.20. The van der Waals surface area contributed by atoms with E-state index in [0.29, 0.717) is 11.6 Å². The molecule has 13 heavy (non-hydrogen) atoms. The van der Waals surface area contributed by atoms with E-state index in [1.165, 1.54) is 32.2 Å². The van der Waals surface area contributed by atoms with Gasteiger partial charge in [0.15, 0.2) is 0 Å². The molecule has 2 N–H and O–H groups in total. The largest absolute Gasteiger partial charge is 0.315 e. The lowest BCUT2D eigenvalue weighted by Gasteiger charge is -2.35. The molecule has 1 rings (SSSR count). The van der Waals surface area contributed by atoms with Gasteiger partial charge in [-0.05, 0) is 39.2 Å². The van der Waals surface area contributed by atoms with Crippen molar-refractivity contribution in [2.75, 3.05) is 13.1 Å². The van der Waals surface area contributed by atoms with Crippen LogP contribution in [0.1, 0.15) is 46.5 Å². The lowest BCUT2D eigenvalue weighted by molar-refractivity contribution is 0.258. The zero-order valence-electron chi connectivity index (χ0n) is 9.32. The van der Waals surface area contributed by atoms with Crippen molar-refractivity contribution in [2.45, 2.75) is 58.0 Å². The zero-order valence-corrected chi connectivity index (χ0v) is 9.32. The number of piperidine rings is 1. The van der Waals surface area contributed by atoms with Crippen molar-refractivity contribution in [3.8, 4) is 0 Å². The topological polar surface area (TPSA) is 24.1 Å². The van der Waals surface area contributed by atoms with Crippen LogP contribution >= 0.6 is 0 Å². The van der Waals surface area contributed by atoms with E-state index in [-0.39, 0.29) is 0 Å². The van der Waals surface area contributed by atoms with Gasteiger partial charge in [-0.1, -0.05) is 13.8 Å². The van der Waals surface area contributed by atoms with E-state index in [4.69, 9.17) is 0 Å². The first-order valence-electron chi connectivity index (χ1n) is 5.68. The number of hydrogen-bond acceptors (Lipinski definition) is 2. The molecule has 1 heterocycles. The molecule has 1 aliphatic heterocycles. The minimum absolute atomic E-state index is 0.351. The molecule has 0 amide bonds. The highest BCUT2D eigenvalue weighted by Crippen LogP contribution is 2.16. The van der Waals surface area contributed by atoms with Gasteiger partial charge in [-0.25, -0.2) is 0 Å². The Balaban J connectivity index is 2.35. The molecule has 0 aromatic rings. The van der Waals surface area contributed by atoms with Crippen molar-refractivity contribution in [1.29, 1.82) is 0 Å². The minimum Gasteiger partial charge on any atom is -0.315 e. The van der Waals surface area contributed by atoms with Gasteiger partial charge in [-0.2, -0.15) is 0 Å². The Morgan fingerprint density at radius 3 is 2.54 bits per heavy atom. The summed E-state index contributed by atoms with van der Waals surface area (Å²) in [5, 5.41) is 7.21. The van der Waals surface area contributed by atoms with Gasteiger partial charge >= 0.3 is 0 Å². The summed E-state index contributed by atoms with van der Waals surface area (Å²) in [6.07, 6.45) is 5.10. The van der Waals surface area contributed by atoms with Crippen molar-refractivity contribution in [3.63, 3.8) is 0 Å². The van der Waals surface area contributed by atoms with Gasteiger partial charge in [0.25, 0.3) is 0 Å². The summed E-state index contributed by atoms with van der Waals surface area (Å²) < 4.78 is 0. The molecule has 1 saturated heterocycles. The predicted octanol–water partition coefficient (Wildman–Crippen LogP) is 1.91. The molecule has 1 aliphatic rings. The Hall–Kier alpha value is -0.0800. The second-order valence-electron chi connectivity index (χ2n) is 4.46. The van der Waals surface area contributed by atoms with Crippen LogP contribution in [0, 0.1) is 0 Å². The highest BCUT2D eigenvalue weighted by atomic mass is 15.0. The molecule has 0 aromatic carbocycles. The third-order valence-corrected chi connectivity index (χ3v) is 3.41. The first-order valence-corrected chi connectivity index (χ1v) is 5.68. The Morgan fingerprint density at radius 2 is 2.08 bits per heavy atom. The van der Waals surface area contributed by atoms with Gasteiger partial charge in [0.1, 0.15) is 0 Å². The molecule has 78 valence electrons. The average molecular weight is 184 g/mol. The van der Waals surface area contributed by atoms with Gasteiger partial charge in [-0.3, -0.25) is 0 Å². The smallest absolute Gasteiger partial charge is 0.0198 e. The summed E-state index contributed by atoms with van der Waals surface area (Å²) in [7, 11) is 0. The lowest BCUT2D eigenvalue weighted by atomic mass is 9.93. The van der Waals surface area contributed by atoms with Gasteiger partial charge < -0.3 is 10.6 Å². The van der Waals surface area contributed by atoms with Crippen molar-refractivity contribution in [3.05, 3.63) is 0 Å². The maximum absolute atomic E-state index is 3.77. The number of rotatable bonds is 4. The average Bonchev–Trinajstić information content (AvgIpc) is 2.19. The Labute approximate surface area is 82.5 Å². The standard InChI is InChI=1S/C11H24N2/c1-4-11(3,5-2)13-10-7-6-8-12-9-10/h10,12-13H,4-9H2,1-3H3/t10-/m0/s1.